The van der Waals surface area contributed by atoms with Crippen LogP contribution in [0.25, 0.3) is 0 Å². The Kier molecular flexibility index (Phi) is 4.80. The SMILES string of the molecule is CS(=O)(=O)CCCOC1=CI=CC=C1. The Labute approximate surface area is 94.5 Å². The van der Waals surface area contributed by atoms with Crippen molar-refractivity contribution in [2.75, 3.05) is 18.6 Å². The minimum absolute atomic E-state index is 0.0121. The molecule has 0 aromatic rings. The lowest BCUT2D eigenvalue weighted by molar-refractivity contribution is 0.226. The Bertz CT molecular complexity index is 366. The molecule has 0 aromatic heterocycles. The highest BCUT2D eigenvalue weighted by Gasteiger charge is 2.02. The van der Waals surface area contributed by atoms with Crippen LogP contribution in [0.1, 0.15) is 6.42 Å². The molecule has 1 rings (SSSR count). The van der Waals surface area contributed by atoms with E-state index in [-0.39, 0.29) is 26.5 Å². The lowest BCUT2D eigenvalue weighted by Gasteiger charge is -2.06. The first-order valence-corrected chi connectivity index (χ1v) is 8.76. The van der Waals surface area contributed by atoms with Crippen molar-refractivity contribution in [3.63, 3.8) is 0 Å². The maximum atomic E-state index is 10.8. The zero-order valence-corrected chi connectivity index (χ0v) is 10.9. The van der Waals surface area contributed by atoms with Gasteiger partial charge in [0.1, 0.15) is 15.6 Å². The van der Waals surface area contributed by atoms with Crippen LogP contribution in [-0.2, 0) is 14.6 Å². The molecule has 1 heterocycles. The molecule has 0 fully saturated rings. The third-order valence-corrected chi connectivity index (χ3v) is 4.34. The summed E-state index contributed by atoms with van der Waals surface area (Å²) in [5.74, 6) is 1.08. The van der Waals surface area contributed by atoms with E-state index in [4.69, 9.17) is 4.74 Å². The second kappa shape index (κ2) is 5.65. The first-order valence-electron chi connectivity index (χ1n) is 4.20. The monoisotopic (exact) mass is 328 g/mol. The fourth-order valence-corrected chi connectivity index (χ4v) is 2.94. The smallest absolute Gasteiger partial charge is 0.147 e. The van der Waals surface area contributed by atoms with Crippen molar-refractivity contribution in [2.24, 2.45) is 0 Å². The van der Waals surface area contributed by atoms with Crippen LogP contribution in [-0.4, -0.2) is 31.0 Å². The highest BCUT2D eigenvalue weighted by molar-refractivity contribution is 14.2. The number of rotatable bonds is 5. The molecular formula is C9H13IO3S. The summed E-state index contributed by atoms with van der Waals surface area (Å²) >= 11 is 0.0121. The lowest BCUT2D eigenvalue weighted by Crippen LogP contribution is -2.06. The Morgan fingerprint density at radius 1 is 1.50 bits per heavy atom. The molecule has 14 heavy (non-hydrogen) atoms. The topological polar surface area (TPSA) is 43.4 Å². The van der Waals surface area contributed by atoms with Gasteiger partial charge in [-0.1, -0.05) is 26.8 Å². The Morgan fingerprint density at radius 3 is 2.86 bits per heavy atom. The summed E-state index contributed by atoms with van der Waals surface area (Å²) in [6, 6.07) is 0. The van der Waals surface area contributed by atoms with Gasteiger partial charge in [0.2, 0.25) is 0 Å². The van der Waals surface area contributed by atoms with Crippen molar-refractivity contribution in [2.45, 2.75) is 6.42 Å². The molecule has 0 N–H and O–H groups in total. The van der Waals surface area contributed by atoms with Crippen LogP contribution in [0, 0.1) is 0 Å². The van der Waals surface area contributed by atoms with E-state index < -0.39 is 9.84 Å². The molecule has 0 spiro atoms. The van der Waals surface area contributed by atoms with Gasteiger partial charge in [0.15, 0.2) is 0 Å². The first-order chi connectivity index (χ1) is 6.58. The third kappa shape index (κ3) is 5.54. The molecule has 0 bridgehead atoms. The van der Waals surface area contributed by atoms with Gasteiger partial charge in [-0.3, -0.25) is 0 Å². The maximum absolute atomic E-state index is 10.8. The molecule has 0 radical (unpaired) electrons. The van der Waals surface area contributed by atoms with Gasteiger partial charge in [0, 0.05) is 10.3 Å². The molecule has 0 amide bonds. The van der Waals surface area contributed by atoms with E-state index in [1.54, 1.807) is 0 Å². The molecule has 0 unspecified atom stereocenters. The fraction of sp³-hybridized carbons (Fsp3) is 0.444. The number of ether oxygens (including phenoxy) is 1. The van der Waals surface area contributed by atoms with Gasteiger partial charge in [-0.25, -0.2) is 8.42 Å². The molecule has 1 aliphatic heterocycles. The molecule has 0 saturated heterocycles. The molecule has 0 atom stereocenters. The van der Waals surface area contributed by atoms with Crippen LogP contribution in [0.4, 0.5) is 0 Å². The molecule has 3 nitrogen and oxygen atoms in total. The van der Waals surface area contributed by atoms with E-state index in [2.05, 4.69) is 8.09 Å². The second-order valence-corrected chi connectivity index (χ2v) is 7.28. The summed E-state index contributed by atoms with van der Waals surface area (Å²) < 4.78 is 31.2. The summed E-state index contributed by atoms with van der Waals surface area (Å²) in [7, 11) is -2.84. The van der Waals surface area contributed by atoms with Crippen molar-refractivity contribution in [1.29, 1.82) is 0 Å². The molecule has 80 valence electrons. The van der Waals surface area contributed by atoms with Gasteiger partial charge >= 0.3 is 0 Å². The third-order valence-electron chi connectivity index (χ3n) is 1.50. The largest absolute Gasteiger partial charge is 0.493 e. The quantitative estimate of drug-likeness (QED) is 0.569. The van der Waals surface area contributed by atoms with E-state index in [1.165, 1.54) is 6.26 Å². The standard InChI is InChI=1S/C9H13IO3S/c1-14(11,12)7-3-6-13-9-4-2-5-10-8-9/h2,4-5,8H,3,6-7H2,1H3. The normalized spacial score (nSPS) is 15.9. The Hall–Kier alpha value is -0.170. The molecule has 5 heteroatoms. The van der Waals surface area contributed by atoms with Crippen LogP contribution in [0.2, 0.25) is 0 Å². The highest BCUT2D eigenvalue weighted by atomic mass is 127. The summed E-state index contributed by atoms with van der Waals surface area (Å²) in [5.41, 5.74) is 0. The van der Waals surface area contributed by atoms with E-state index in [9.17, 15) is 8.42 Å². The minimum Gasteiger partial charge on any atom is -0.493 e. The van der Waals surface area contributed by atoms with E-state index in [0.29, 0.717) is 13.0 Å². The molecule has 0 aromatic carbocycles. The van der Waals surface area contributed by atoms with Crippen molar-refractivity contribution in [1.82, 2.24) is 0 Å². The number of sulfone groups is 1. The number of allylic oxidation sites excluding steroid dienone is 2. The van der Waals surface area contributed by atoms with E-state index in [0.717, 1.165) is 5.76 Å². The average molecular weight is 328 g/mol. The number of hydrogen-bond acceptors (Lipinski definition) is 3. The van der Waals surface area contributed by atoms with Gasteiger partial charge in [-0.15, -0.1) is 0 Å². The van der Waals surface area contributed by atoms with Gasteiger partial charge in [0.25, 0.3) is 0 Å². The van der Waals surface area contributed by atoms with Crippen LogP contribution >= 0.6 is 20.7 Å². The summed E-state index contributed by atoms with van der Waals surface area (Å²) in [6.07, 6.45) is 5.70. The van der Waals surface area contributed by atoms with Crippen molar-refractivity contribution < 1.29 is 13.2 Å². The van der Waals surface area contributed by atoms with Gasteiger partial charge in [-0.2, -0.15) is 0 Å². The van der Waals surface area contributed by atoms with E-state index >= 15 is 0 Å². The van der Waals surface area contributed by atoms with Crippen molar-refractivity contribution in [3.8, 4) is 0 Å². The summed E-state index contributed by atoms with van der Waals surface area (Å²) in [5, 5.41) is 0. The predicted molar refractivity (Wildman–Crippen MR) is 67.6 cm³/mol. The maximum Gasteiger partial charge on any atom is 0.147 e. The summed E-state index contributed by atoms with van der Waals surface area (Å²) in [6.45, 7) is 0.479. The summed E-state index contributed by atoms with van der Waals surface area (Å²) in [4.78, 5) is 0. The Morgan fingerprint density at radius 2 is 2.29 bits per heavy atom. The molecule has 1 aliphatic rings. The number of hydrogen-bond donors (Lipinski definition) is 0. The lowest BCUT2D eigenvalue weighted by atomic mass is 10.4. The van der Waals surface area contributed by atoms with Gasteiger partial charge < -0.3 is 4.74 Å². The van der Waals surface area contributed by atoms with Crippen molar-refractivity contribution >= 4 is 34.6 Å². The zero-order chi connectivity index (χ0) is 10.4. The molecule has 0 aliphatic carbocycles. The number of halogens is 1. The predicted octanol–water partition coefficient (Wildman–Crippen LogP) is 1.62. The fourth-order valence-electron chi connectivity index (χ4n) is 0.899. The zero-order valence-electron chi connectivity index (χ0n) is 7.94. The van der Waals surface area contributed by atoms with Crippen LogP contribution in [0.3, 0.4) is 0 Å². The first kappa shape index (κ1) is 11.9. The highest BCUT2D eigenvalue weighted by Crippen LogP contribution is 2.12. The molecular weight excluding hydrogens is 315 g/mol. The Balaban J connectivity index is 2.19. The van der Waals surface area contributed by atoms with Gasteiger partial charge in [0.05, 0.1) is 12.4 Å². The van der Waals surface area contributed by atoms with E-state index in [1.807, 2.05) is 12.2 Å². The second-order valence-electron chi connectivity index (χ2n) is 2.95. The van der Waals surface area contributed by atoms with Crippen LogP contribution in [0.15, 0.2) is 22.0 Å². The van der Waals surface area contributed by atoms with Gasteiger partial charge in [-0.05, 0) is 16.5 Å². The minimum atomic E-state index is -2.84. The molecule has 0 saturated carbocycles. The van der Waals surface area contributed by atoms with Crippen LogP contribution < -0.4 is 0 Å². The van der Waals surface area contributed by atoms with Crippen molar-refractivity contribution in [3.05, 3.63) is 22.0 Å². The van der Waals surface area contributed by atoms with Crippen LogP contribution in [0.5, 0.6) is 0 Å². The average Bonchev–Trinajstić information content (AvgIpc) is 2.13.